The van der Waals surface area contributed by atoms with Gasteiger partial charge in [-0.05, 0) is 77.0 Å². The summed E-state index contributed by atoms with van der Waals surface area (Å²) >= 11 is 0. The SMILES string of the molecule is CC/C=C\C/C=C\C/C=C\C/C=C\CCCCCCCCCCCCCCCCCCCCCCCCCCCCC(=O)OC(COC(=O)CCCCCCCCCCC/C=C\CCCCCCCC)COP(=O)(O)OCC[N+](C)(C)C. The second kappa shape index (κ2) is 63.2. The minimum Gasteiger partial charge on any atom is -0.462 e. The number of carbonyl (C=O) groups is 2. The molecule has 0 aromatic carbocycles. The van der Waals surface area contributed by atoms with Crippen LogP contribution in [0.1, 0.15) is 335 Å². The first-order valence-corrected chi connectivity index (χ1v) is 36.5. The molecule has 0 bridgehead atoms. The van der Waals surface area contributed by atoms with Crippen LogP contribution in [-0.4, -0.2) is 74.9 Å². The van der Waals surface area contributed by atoms with Crippen molar-refractivity contribution in [3.63, 3.8) is 0 Å². The van der Waals surface area contributed by atoms with Gasteiger partial charge in [-0.1, -0.05) is 306 Å². The summed E-state index contributed by atoms with van der Waals surface area (Å²) < 4.78 is 34.7. The number of carbonyl (C=O) groups excluding carboxylic acids is 2. The Balaban J connectivity index is 3.91. The van der Waals surface area contributed by atoms with Gasteiger partial charge in [-0.25, -0.2) is 4.57 Å². The highest BCUT2D eigenvalue weighted by Gasteiger charge is 2.27. The van der Waals surface area contributed by atoms with Crippen molar-refractivity contribution < 1.29 is 42.1 Å². The molecule has 480 valence electrons. The third-order valence-electron chi connectivity index (χ3n) is 15.5. The van der Waals surface area contributed by atoms with E-state index in [-0.39, 0.29) is 32.0 Å². The molecule has 0 saturated heterocycles. The van der Waals surface area contributed by atoms with Gasteiger partial charge >= 0.3 is 19.8 Å². The van der Waals surface area contributed by atoms with Crippen LogP contribution >= 0.6 is 7.82 Å². The fourth-order valence-corrected chi connectivity index (χ4v) is 10.9. The van der Waals surface area contributed by atoms with Gasteiger partial charge in [-0.15, -0.1) is 0 Å². The second-order valence-electron chi connectivity index (χ2n) is 24.9. The first-order valence-electron chi connectivity index (χ1n) is 35.0. The summed E-state index contributed by atoms with van der Waals surface area (Å²) in [7, 11) is 1.49. The van der Waals surface area contributed by atoms with E-state index < -0.39 is 26.5 Å². The van der Waals surface area contributed by atoms with Crippen molar-refractivity contribution in [3.8, 4) is 0 Å². The third kappa shape index (κ3) is 66.8. The van der Waals surface area contributed by atoms with E-state index in [0.29, 0.717) is 17.4 Å². The lowest BCUT2D eigenvalue weighted by atomic mass is 10.0. The number of quaternary nitrogens is 1. The van der Waals surface area contributed by atoms with Crippen molar-refractivity contribution in [3.05, 3.63) is 60.8 Å². The van der Waals surface area contributed by atoms with E-state index in [1.807, 2.05) is 21.1 Å². The maximum Gasteiger partial charge on any atom is 0.472 e. The average Bonchev–Trinajstić information content (AvgIpc) is 3.46. The molecule has 0 saturated carbocycles. The van der Waals surface area contributed by atoms with Gasteiger partial charge in [0.05, 0.1) is 27.7 Å². The maximum absolute atomic E-state index is 12.9. The van der Waals surface area contributed by atoms with E-state index in [0.717, 1.165) is 57.8 Å². The summed E-state index contributed by atoms with van der Waals surface area (Å²) in [4.78, 5) is 35.8. The van der Waals surface area contributed by atoms with Crippen LogP contribution in [0, 0.1) is 0 Å². The zero-order valence-electron chi connectivity index (χ0n) is 54.7. The van der Waals surface area contributed by atoms with Crippen LogP contribution in [-0.2, 0) is 32.7 Å². The predicted octanol–water partition coefficient (Wildman–Crippen LogP) is 22.6. The van der Waals surface area contributed by atoms with Crippen molar-refractivity contribution in [1.29, 1.82) is 0 Å². The minimum atomic E-state index is -4.39. The zero-order chi connectivity index (χ0) is 59.8. The molecule has 1 N–H and O–H groups in total. The minimum absolute atomic E-state index is 0.0332. The molecule has 0 aliphatic rings. The molecule has 0 radical (unpaired) electrons. The molecular formula is C72H135NO8P+. The van der Waals surface area contributed by atoms with E-state index in [9.17, 15) is 19.0 Å². The lowest BCUT2D eigenvalue weighted by molar-refractivity contribution is -0.870. The first kappa shape index (κ1) is 79.7. The Morgan fingerprint density at radius 3 is 1.05 bits per heavy atom. The van der Waals surface area contributed by atoms with E-state index in [1.54, 1.807) is 0 Å². The highest BCUT2D eigenvalue weighted by molar-refractivity contribution is 7.47. The molecule has 0 aliphatic carbocycles. The fraction of sp³-hybridized carbons (Fsp3) is 0.833. The van der Waals surface area contributed by atoms with Crippen LogP contribution in [0.2, 0.25) is 0 Å². The number of nitrogens with zero attached hydrogens (tertiary/aromatic N) is 1. The van der Waals surface area contributed by atoms with Gasteiger partial charge in [0.1, 0.15) is 19.8 Å². The summed E-state index contributed by atoms with van der Waals surface area (Å²) in [6.07, 6.45) is 83.4. The lowest BCUT2D eigenvalue weighted by Gasteiger charge is -2.24. The number of hydrogen-bond donors (Lipinski definition) is 1. The zero-order valence-corrected chi connectivity index (χ0v) is 55.6. The Kier molecular flexibility index (Phi) is 61.5. The van der Waals surface area contributed by atoms with Gasteiger partial charge in [-0.3, -0.25) is 18.6 Å². The lowest BCUT2D eigenvalue weighted by Crippen LogP contribution is -2.37. The molecule has 0 fully saturated rings. The third-order valence-corrected chi connectivity index (χ3v) is 16.5. The molecule has 2 atom stereocenters. The Hall–Kier alpha value is -2.29. The van der Waals surface area contributed by atoms with Crippen LogP contribution < -0.4 is 0 Å². The Morgan fingerprint density at radius 2 is 0.695 bits per heavy atom. The number of esters is 2. The first-order chi connectivity index (χ1) is 40.0. The molecule has 0 aromatic heterocycles. The Morgan fingerprint density at radius 1 is 0.390 bits per heavy atom. The molecule has 0 rings (SSSR count). The normalized spacial score (nSPS) is 13.5. The number of ether oxygens (including phenoxy) is 2. The number of rotatable bonds is 65. The summed E-state index contributed by atoms with van der Waals surface area (Å²) in [6.45, 7) is 4.36. The molecule has 0 aromatic rings. The number of phosphoric acid groups is 1. The molecule has 0 amide bonds. The molecule has 0 aliphatic heterocycles. The summed E-state index contributed by atoms with van der Waals surface area (Å²) in [5, 5.41) is 0. The summed E-state index contributed by atoms with van der Waals surface area (Å²) in [5.41, 5.74) is 0. The Bertz CT molecular complexity index is 1570. The average molecular weight is 1170 g/mol. The molecule has 0 spiro atoms. The van der Waals surface area contributed by atoms with E-state index >= 15 is 0 Å². The monoisotopic (exact) mass is 1170 g/mol. The van der Waals surface area contributed by atoms with Crippen molar-refractivity contribution >= 4 is 19.8 Å². The van der Waals surface area contributed by atoms with Crippen LogP contribution in [0.15, 0.2) is 60.8 Å². The van der Waals surface area contributed by atoms with Crippen molar-refractivity contribution in [2.24, 2.45) is 0 Å². The predicted molar refractivity (Wildman–Crippen MR) is 353 cm³/mol. The van der Waals surface area contributed by atoms with Crippen LogP contribution in [0.3, 0.4) is 0 Å². The van der Waals surface area contributed by atoms with E-state index in [2.05, 4.69) is 74.6 Å². The van der Waals surface area contributed by atoms with Gasteiger partial charge in [0.25, 0.3) is 0 Å². The maximum atomic E-state index is 12.9. The largest absolute Gasteiger partial charge is 0.472 e. The molecule has 9 nitrogen and oxygen atoms in total. The van der Waals surface area contributed by atoms with Gasteiger partial charge < -0.3 is 18.9 Å². The van der Waals surface area contributed by atoms with E-state index in [1.165, 1.54) is 244 Å². The van der Waals surface area contributed by atoms with Gasteiger partial charge in [0.15, 0.2) is 6.10 Å². The molecular weight excluding hydrogens is 1040 g/mol. The fourth-order valence-electron chi connectivity index (χ4n) is 10.2. The van der Waals surface area contributed by atoms with Crippen LogP contribution in [0.4, 0.5) is 0 Å². The summed E-state index contributed by atoms with van der Waals surface area (Å²) in [5.74, 6) is -0.783. The molecule has 2 unspecified atom stereocenters. The standard InChI is InChI=1S/C72H134NO8P/c1-6-8-10-12-14-16-18-20-22-24-26-27-28-29-30-31-32-33-34-35-36-37-38-39-40-41-42-43-44-45-47-49-51-53-55-57-59-61-63-65-72(75)81-70(69-80-82(76,77)79-67-66-73(3,4)5)68-78-71(74)64-62-60-58-56-54-52-50-48-46-25-23-21-19-17-15-13-11-9-7-2/h8,10,14,16,20-23,26-27,70H,6-7,9,11-13,15,17-19,24-25,28-69H2,1-5H3/p+1/b10-8-,16-14-,22-20-,23-21-,27-26-. The van der Waals surface area contributed by atoms with Gasteiger partial charge in [0.2, 0.25) is 0 Å². The number of allylic oxidation sites excluding steroid dienone is 10. The topological polar surface area (TPSA) is 108 Å². The number of phosphoric ester groups is 1. The number of hydrogen-bond acceptors (Lipinski definition) is 7. The van der Waals surface area contributed by atoms with Gasteiger partial charge in [0, 0.05) is 12.8 Å². The smallest absolute Gasteiger partial charge is 0.462 e. The van der Waals surface area contributed by atoms with Crippen molar-refractivity contribution in [2.75, 3.05) is 47.5 Å². The van der Waals surface area contributed by atoms with Crippen molar-refractivity contribution in [1.82, 2.24) is 0 Å². The Labute approximate surface area is 508 Å². The quantitative estimate of drug-likeness (QED) is 0.0211. The molecule has 0 heterocycles. The van der Waals surface area contributed by atoms with Crippen LogP contribution in [0.25, 0.3) is 0 Å². The molecule has 10 heteroatoms. The van der Waals surface area contributed by atoms with Gasteiger partial charge in [-0.2, -0.15) is 0 Å². The summed E-state index contributed by atoms with van der Waals surface area (Å²) in [6, 6.07) is 0. The van der Waals surface area contributed by atoms with Crippen LogP contribution in [0.5, 0.6) is 0 Å². The highest BCUT2D eigenvalue weighted by atomic mass is 31.2. The van der Waals surface area contributed by atoms with Crippen molar-refractivity contribution in [2.45, 2.75) is 341 Å². The number of likely N-dealkylation sites (N-methyl/N-ethyl adjacent to an activating group) is 1. The second-order valence-corrected chi connectivity index (χ2v) is 26.3. The number of unbranched alkanes of at least 4 members (excludes halogenated alkanes) is 41. The molecule has 82 heavy (non-hydrogen) atoms. The highest BCUT2D eigenvalue weighted by Crippen LogP contribution is 2.43. The van der Waals surface area contributed by atoms with E-state index in [4.69, 9.17) is 18.5 Å².